The number of aryl methyl sites for hydroxylation is 1. The van der Waals surface area contributed by atoms with Gasteiger partial charge in [-0.25, -0.2) is 4.98 Å². The molecule has 0 bridgehead atoms. The zero-order valence-electron chi connectivity index (χ0n) is 15.2. The number of carbonyl (C=O) groups is 2. The van der Waals surface area contributed by atoms with Crippen molar-refractivity contribution < 1.29 is 14.3 Å². The van der Waals surface area contributed by atoms with Gasteiger partial charge in [-0.1, -0.05) is 11.6 Å². The van der Waals surface area contributed by atoms with Crippen molar-refractivity contribution in [3.8, 4) is 17.0 Å². The summed E-state index contributed by atoms with van der Waals surface area (Å²) in [6, 6.07) is 12.3. The Morgan fingerprint density at radius 3 is 2.75 bits per heavy atom. The van der Waals surface area contributed by atoms with E-state index in [1.165, 1.54) is 11.3 Å². The highest BCUT2D eigenvalue weighted by molar-refractivity contribution is 7.16. The van der Waals surface area contributed by atoms with Crippen LogP contribution in [0.3, 0.4) is 0 Å². The van der Waals surface area contributed by atoms with Gasteiger partial charge in [0.1, 0.15) is 5.75 Å². The molecule has 28 heavy (non-hydrogen) atoms. The number of nitrogens with zero attached hydrogens (tertiary/aromatic N) is 2. The van der Waals surface area contributed by atoms with Crippen molar-refractivity contribution in [1.29, 1.82) is 0 Å². The number of nitrogens with one attached hydrogen (secondary N) is 1. The fraction of sp³-hybridized carbons (Fsp3) is 0.150. The van der Waals surface area contributed by atoms with E-state index in [-0.39, 0.29) is 18.4 Å². The minimum Gasteiger partial charge on any atom is -0.482 e. The van der Waals surface area contributed by atoms with E-state index in [0.717, 1.165) is 16.1 Å². The van der Waals surface area contributed by atoms with Crippen LogP contribution >= 0.6 is 22.9 Å². The topological polar surface area (TPSA) is 71.5 Å². The van der Waals surface area contributed by atoms with Crippen LogP contribution in [0.1, 0.15) is 15.2 Å². The van der Waals surface area contributed by atoms with E-state index in [0.29, 0.717) is 27.2 Å². The van der Waals surface area contributed by atoms with E-state index in [4.69, 9.17) is 16.3 Å². The Bertz CT molecular complexity index is 1080. The fourth-order valence-electron chi connectivity index (χ4n) is 2.91. The van der Waals surface area contributed by atoms with Crippen LogP contribution < -0.4 is 15.0 Å². The number of thiazole rings is 1. The molecule has 0 saturated carbocycles. The molecule has 6 nitrogen and oxygen atoms in total. The van der Waals surface area contributed by atoms with Gasteiger partial charge in [0.2, 0.25) is 0 Å². The zero-order chi connectivity index (χ0) is 19.8. The Labute approximate surface area is 170 Å². The van der Waals surface area contributed by atoms with Gasteiger partial charge in [-0.2, -0.15) is 0 Å². The van der Waals surface area contributed by atoms with Crippen LogP contribution in [-0.2, 0) is 4.79 Å². The molecule has 2 heterocycles. The Kier molecular flexibility index (Phi) is 4.78. The summed E-state index contributed by atoms with van der Waals surface area (Å²) in [5.74, 6) is 0.312. The van der Waals surface area contributed by atoms with Crippen LogP contribution in [0.4, 0.5) is 10.8 Å². The molecular weight excluding hydrogens is 398 g/mol. The molecule has 1 aliphatic rings. The predicted octanol–water partition coefficient (Wildman–Crippen LogP) is 4.38. The number of rotatable bonds is 3. The number of halogens is 1. The van der Waals surface area contributed by atoms with E-state index in [9.17, 15) is 9.59 Å². The van der Waals surface area contributed by atoms with E-state index >= 15 is 0 Å². The number of fused-ring (bicyclic) bond motifs is 1. The summed E-state index contributed by atoms with van der Waals surface area (Å²) in [6.45, 7) is 1.98. The standard InChI is InChI=1S/C20H16ClN3O3S/c1-11-18(13-5-8-16-15(9-13)24(2)17(25)10-27-16)22-20(28-11)23-19(26)12-3-6-14(21)7-4-12/h3-9H,10H2,1-2H3,(H,22,23,26). The number of anilines is 2. The first-order valence-corrected chi connectivity index (χ1v) is 9.70. The third-order valence-electron chi connectivity index (χ3n) is 4.44. The van der Waals surface area contributed by atoms with Crippen molar-refractivity contribution in [2.75, 3.05) is 23.9 Å². The molecule has 0 atom stereocenters. The van der Waals surface area contributed by atoms with Gasteiger partial charge in [0, 0.05) is 28.1 Å². The zero-order valence-corrected chi connectivity index (χ0v) is 16.7. The number of ether oxygens (including phenoxy) is 1. The van der Waals surface area contributed by atoms with Gasteiger partial charge in [0.05, 0.1) is 11.4 Å². The van der Waals surface area contributed by atoms with Crippen LogP contribution in [0.5, 0.6) is 5.75 Å². The van der Waals surface area contributed by atoms with E-state index in [1.54, 1.807) is 36.2 Å². The van der Waals surface area contributed by atoms with Gasteiger partial charge in [-0.05, 0) is 49.4 Å². The summed E-state index contributed by atoms with van der Waals surface area (Å²) in [4.78, 5) is 31.4. The molecule has 142 valence electrons. The lowest BCUT2D eigenvalue weighted by Gasteiger charge is -2.26. The average molecular weight is 414 g/mol. The van der Waals surface area contributed by atoms with Crippen molar-refractivity contribution >= 4 is 45.6 Å². The summed E-state index contributed by atoms with van der Waals surface area (Å²) in [5.41, 5.74) is 2.81. The minimum absolute atomic E-state index is 0.0411. The van der Waals surface area contributed by atoms with Gasteiger partial charge in [-0.15, -0.1) is 11.3 Å². The SMILES string of the molecule is Cc1sc(NC(=O)c2ccc(Cl)cc2)nc1-c1ccc2c(c1)N(C)C(=O)CO2. The largest absolute Gasteiger partial charge is 0.482 e. The Morgan fingerprint density at radius 2 is 2.00 bits per heavy atom. The predicted molar refractivity (Wildman–Crippen MR) is 111 cm³/mol. The first-order chi connectivity index (χ1) is 13.4. The second-order valence-corrected chi connectivity index (χ2v) is 7.95. The first kappa shape index (κ1) is 18.5. The monoisotopic (exact) mass is 413 g/mol. The normalized spacial score (nSPS) is 13.1. The van der Waals surface area contributed by atoms with Crippen LogP contribution in [0.25, 0.3) is 11.3 Å². The van der Waals surface area contributed by atoms with Crippen LogP contribution in [0.15, 0.2) is 42.5 Å². The van der Waals surface area contributed by atoms with Crippen molar-refractivity contribution in [3.63, 3.8) is 0 Å². The number of amides is 2. The fourth-order valence-corrected chi connectivity index (χ4v) is 3.86. The lowest BCUT2D eigenvalue weighted by molar-refractivity contribution is -0.120. The summed E-state index contributed by atoms with van der Waals surface area (Å²) in [5, 5.41) is 3.90. The first-order valence-electron chi connectivity index (χ1n) is 8.50. The van der Waals surface area contributed by atoms with Gasteiger partial charge >= 0.3 is 0 Å². The van der Waals surface area contributed by atoms with Crippen molar-refractivity contribution in [2.24, 2.45) is 0 Å². The molecule has 1 aromatic heterocycles. The Morgan fingerprint density at radius 1 is 1.25 bits per heavy atom. The van der Waals surface area contributed by atoms with Gasteiger partial charge in [-0.3, -0.25) is 14.9 Å². The van der Waals surface area contributed by atoms with Crippen molar-refractivity contribution in [3.05, 3.63) is 57.9 Å². The number of hydrogen-bond donors (Lipinski definition) is 1. The number of likely N-dealkylation sites (N-methyl/N-ethyl adjacent to an activating group) is 1. The quantitative estimate of drug-likeness (QED) is 0.691. The molecule has 2 amide bonds. The molecule has 2 aromatic carbocycles. The number of aromatic nitrogens is 1. The van der Waals surface area contributed by atoms with Gasteiger partial charge in [0.25, 0.3) is 11.8 Å². The maximum Gasteiger partial charge on any atom is 0.264 e. The molecule has 0 unspecified atom stereocenters. The lowest BCUT2D eigenvalue weighted by Crippen LogP contribution is -2.35. The molecule has 1 N–H and O–H groups in total. The Balaban J connectivity index is 1.61. The summed E-state index contributed by atoms with van der Waals surface area (Å²) in [7, 11) is 1.72. The smallest absolute Gasteiger partial charge is 0.264 e. The molecule has 8 heteroatoms. The number of carbonyl (C=O) groups excluding carboxylic acids is 2. The number of benzene rings is 2. The average Bonchev–Trinajstić information content (AvgIpc) is 3.05. The third-order valence-corrected chi connectivity index (χ3v) is 5.58. The van der Waals surface area contributed by atoms with Gasteiger partial charge in [0.15, 0.2) is 11.7 Å². The minimum atomic E-state index is -0.249. The van der Waals surface area contributed by atoms with Gasteiger partial charge < -0.3 is 9.64 Å². The molecule has 3 aromatic rings. The van der Waals surface area contributed by atoms with Crippen molar-refractivity contribution in [2.45, 2.75) is 6.92 Å². The molecule has 0 saturated heterocycles. The molecule has 1 aliphatic heterocycles. The summed E-state index contributed by atoms with van der Waals surface area (Å²) in [6.07, 6.45) is 0. The molecule has 0 aliphatic carbocycles. The highest BCUT2D eigenvalue weighted by atomic mass is 35.5. The van der Waals surface area contributed by atoms with E-state index in [1.807, 2.05) is 25.1 Å². The molecule has 0 radical (unpaired) electrons. The van der Waals surface area contributed by atoms with Crippen LogP contribution in [0, 0.1) is 6.92 Å². The molecular formula is C20H16ClN3O3S. The summed E-state index contributed by atoms with van der Waals surface area (Å²) < 4.78 is 5.47. The second kappa shape index (κ2) is 7.26. The summed E-state index contributed by atoms with van der Waals surface area (Å²) >= 11 is 7.26. The molecule has 0 fully saturated rings. The maximum atomic E-state index is 12.4. The lowest BCUT2D eigenvalue weighted by atomic mass is 10.1. The second-order valence-electron chi connectivity index (χ2n) is 6.31. The van der Waals surface area contributed by atoms with Crippen LogP contribution in [0.2, 0.25) is 5.02 Å². The third kappa shape index (κ3) is 3.46. The van der Waals surface area contributed by atoms with E-state index < -0.39 is 0 Å². The highest BCUT2D eigenvalue weighted by Crippen LogP contribution is 2.37. The van der Waals surface area contributed by atoms with Crippen molar-refractivity contribution in [1.82, 2.24) is 4.98 Å². The number of hydrogen-bond acceptors (Lipinski definition) is 5. The Hall–Kier alpha value is -2.90. The maximum absolute atomic E-state index is 12.4. The highest BCUT2D eigenvalue weighted by Gasteiger charge is 2.23. The van der Waals surface area contributed by atoms with Crippen LogP contribution in [-0.4, -0.2) is 30.5 Å². The molecule has 0 spiro atoms. The molecule has 4 rings (SSSR count). The van der Waals surface area contributed by atoms with E-state index in [2.05, 4.69) is 10.3 Å².